The van der Waals surface area contributed by atoms with Crippen LogP contribution in [0.25, 0.3) is 11.0 Å². The molecule has 1 aromatic heterocycles. The number of rotatable bonds is 2. The predicted molar refractivity (Wildman–Crippen MR) is 105 cm³/mol. The number of aryl methyl sites for hydroxylation is 1. The van der Waals surface area contributed by atoms with Crippen LogP contribution < -0.4 is 0 Å². The summed E-state index contributed by atoms with van der Waals surface area (Å²) in [6.07, 6.45) is 3.81. The number of carbonyl (C=O) groups excluding carboxylic acids is 2. The highest BCUT2D eigenvalue weighted by Crippen LogP contribution is 2.27. The number of piperidine rings is 2. The lowest BCUT2D eigenvalue weighted by molar-refractivity contribution is -0.138. The number of carbonyl (C=O) groups is 2. The molecule has 0 saturated carbocycles. The van der Waals surface area contributed by atoms with Crippen LogP contribution in [0.2, 0.25) is 0 Å². The number of amides is 2. The summed E-state index contributed by atoms with van der Waals surface area (Å²) in [5.41, 5.74) is 1.82. The molecular weight excluding hydrogens is 340 g/mol. The minimum absolute atomic E-state index is 0.0530. The van der Waals surface area contributed by atoms with Gasteiger partial charge in [-0.15, -0.1) is 0 Å². The molecule has 0 bridgehead atoms. The molecule has 2 aliphatic heterocycles. The van der Waals surface area contributed by atoms with Gasteiger partial charge in [-0.1, -0.05) is 25.1 Å². The normalized spacial score (nSPS) is 21.6. The SMILES string of the molecule is Cc1cccc2cc(C(=O)N3CCC(C(=O)N4CCCC(C)C4)CC3)oc12. The van der Waals surface area contributed by atoms with Gasteiger partial charge in [0.15, 0.2) is 5.76 Å². The van der Waals surface area contributed by atoms with Crippen molar-refractivity contribution in [3.63, 3.8) is 0 Å². The quantitative estimate of drug-likeness (QED) is 0.809. The third kappa shape index (κ3) is 3.60. The van der Waals surface area contributed by atoms with Crippen LogP contribution in [0, 0.1) is 18.8 Å². The van der Waals surface area contributed by atoms with E-state index in [2.05, 4.69) is 6.92 Å². The van der Waals surface area contributed by atoms with E-state index in [1.165, 1.54) is 6.42 Å². The van der Waals surface area contributed by atoms with Gasteiger partial charge in [0.25, 0.3) is 5.91 Å². The molecule has 5 nitrogen and oxygen atoms in total. The molecule has 0 N–H and O–H groups in total. The first-order valence-corrected chi connectivity index (χ1v) is 10.1. The van der Waals surface area contributed by atoms with E-state index in [-0.39, 0.29) is 17.7 Å². The Kier molecular flexibility index (Phi) is 4.94. The van der Waals surface area contributed by atoms with E-state index in [0.29, 0.717) is 24.8 Å². The molecule has 2 aliphatic rings. The van der Waals surface area contributed by atoms with E-state index in [9.17, 15) is 9.59 Å². The lowest BCUT2D eigenvalue weighted by atomic mass is 9.92. The van der Waals surface area contributed by atoms with E-state index in [0.717, 1.165) is 48.9 Å². The number of furan rings is 1. The maximum Gasteiger partial charge on any atom is 0.289 e. The van der Waals surface area contributed by atoms with Crippen molar-refractivity contribution < 1.29 is 14.0 Å². The molecule has 5 heteroatoms. The summed E-state index contributed by atoms with van der Waals surface area (Å²) in [7, 11) is 0. The van der Waals surface area contributed by atoms with Crippen LogP contribution in [0.1, 0.15) is 48.7 Å². The topological polar surface area (TPSA) is 53.8 Å². The Labute approximate surface area is 160 Å². The Morgan fingerprint density at radius 1 is 1.07 bits per heavy atom. The van der Waals surface area contributed by atoms with Crippen LogP contribution in [-0.4, -0.2) is 47.8 Å². The molecule has 2 amide bonds. The van der Waals surface area contributed by atoms with Gasteiger partial charge >= 0.3 is 0 Å². The zero-order valence-electron chi connectivity index (χ0n) is 16.2. The van der Waals surface area contributed by atoms with Crippen LogP contribution in [0.4, 0.5) is 0 Å². The van der Waals surface area contributed by atoms with E-state index >= 15 is 0 Å². The summed E-state index contributed by atoms with van der Waals surface area (Å²) in [6, 6.07) is 7.75. The van der Waals surface area contributed by atoms with Crippen molar-refractivity contribution in [2.24, 2.45) is 11.8 Å². The van der Waals surface area contributed by atoms with Crippen LogP contribution in [0.15, 0.2) is 28.7 Å². The zero-order chi connectivity index (χ0) is 19.0. The first-order chi connectivity index (χ1) is 13.0. The zero-order valence-corrected chi connectivity index (χ0v) is 16.2. The fourth-order valence-electron chi connectivity index (χ4n) is 4.45. The molecule has 27 heavy (non-hydrogen) atoms. The van der Waals surface area contributed by atoms with Gasteiger partial charge in [0.1, 0.15) is 5.58 Å². The third-order valence-electron chi connectivity index (χ3n) is 6.05. The van der Waals surface area contributed by atoms with Crippen LogP contribution >= 0.6 is 0 Å². The second-order valence-electron chi connectivity index (χ2n) is 8.20. The maximum absolute atomic E-state index is 12.8. The van der Waals surface area contributed by atoms with Gasteiger partial charge < -0.3 is 14.2 Å². The summed E-state index contributed by atoms with van der Waals surface area (Å²) in [5.74, 6) is 1.27. The highest BCUT2D eigenvalue weighted by atomic mass is 16.3. The van der Waals surface area contributed by atoms with Crippen molar-refractivity contribution in [1.82, 2.24) is 9.80 Å². The standard InChI is InChI=1S/C22H28N2O3/c1-15-5-4-10-24(14-15)21(25)17-8-11-23(12-9-17)22(26)19-13-18-7-3-6-16(2)20(18)27-19/h3,6-7,13,15,17H,4-5,8-12,14H2,1-2H3. The Morgan fingerprint density at radius 2 is 1.85 bits per heavy atom. The summed E-state index contributed by atoms with van der Waals surface area (Å²) in [4.78, 5) is 29.5. The Hall–Kier alpha value is -2.30. The molecule has 1 unspecified atom stereocenters. The number of fused-ring (bicyclic) bond motifs is 1. The molecule has 0 radical (unpaired) electrons. The summed E-state index contributed by atoms with van der Waals surface area (Å²) in [6.45, 7) is 7.22. The third-order valence-corrected chi connectivity index (χ3v) is 6.05. The van der Waals surface area contributed by atoms with Gasteiger partial charge in [-0.25, -0.2) is 0 Å². The maximum atomic E-state index is 12.8. The van der Waals surface area contributed by atoms with Crippen molar-refractivity contribution in [3.05, 3.63) is 35.6 Å². The van der Waals surface area contributed by atoms with Gasteiger partial charge in [0.05, 0.1) is 0 Å². The average molecular weight is 368 g/mol. The number of hydrogen-bond acceptors (Lipinski definition) is 3. The van der Waals surface area contributed by atoms with Gasteiger partial charge in [-0.3, -0.25) is 9.59 Å². The second kappa shape index (κ2) is 7.37. The molecule has 0 aliphatic carbocycles. The van der Waals surface area contributed by atoms with Crippen LogP contribution in [0.3, 0.4) is 0 Å². The monoisotopic (exact) mass is 368 g/mol. The Bertz CT molecular complexity index is 848. The number of nitrogens with zero attached hydrogens (tertiary/aromatic N) is 2. The molecule has 4 rings (SSSR count). The molecular formula is C22H28N2O3. The van der Waals surface area contributed by atoms with Gasteiger partial charge in [0.2, 0.25) is 5.91 Å². The van der Waals surface area contributed by atoms with Gasteiger partial charge in [-0.2, -0.15) is 0 Å². The minimum atomic E-state index is -0.0666. The molecule has 1 aromatic carbocycles. The van der Waals surface area contributed by atoms with Crippen molar-refractivity contribution in [1.29, 1.82) is 0 Å². The van der Waals surface area contributed by atoms with Crippen molar-refractivity contribution >= 4 is 22.8 Å². The first kappa shape index (κ1) is 18.1. The van der Waals surface area contributed by atoms with E-state index < -0.39 is 0 Å². The highest BCUT2D eigenvalue weighted by molar-refractivity contribution is 5.96. The Balaban J connectivity index is 1.39. The number of likely N-dealkylation sites (tertiary alicyclic amines) is 2. The van der Waals surface area contributed by atoms with Crippen molar-refractivity contribution in [3.8, 4) is 0 Å². The number of benzene rings is 1. The Morgan fingerprint density at radius 3 is 2.56 bits per heavy atom. The van der Waals surface area contributed by atoms with Gasteiger partial charge in [0, 0.05) is 37.5 Å². The van der Waals surface area contributed by atoms with E-state index in [4.69, 9.17) is 4.42 Å². The average Bonchev–Trinajstić information content (AvgIpc) is 3.13. The minimum Gasteiger partial charge on any atom is -0.451 e. The predicted octanol–water partition coefficient (Wildman–Crippen LogP) is 3.85. The molecule has 144 valence electrons. The summed E-state index contributed by atoms with van der Waals surface area (Å²) < 4.78 is 5.83. The smallest absolute Gasteiger partial charge is 0.289 e. The van der Waals surface area contributed by atoms with Crippen molar-refractivity contribution in [2.75, 3.05) is 26.2 Å². The van der Waals surface area contributed by atoms with E-state index in [1.54, 1.807) is 0 Å². The molecule has 3 heterocycles. The fourth-order valence-corrected chi connectivity index (χ4v) is 4.45. The van der Waals surface area contributed by atoms with E-state index in [1.807, 2.05) is 41.0 Å². The van der Waals surface area contributed by atoms with Crippen molar-refractivity contribution in [2.45, 2.75) is 39.5 Å². The lowest BCUT2D eigenvalue weighted by Gasteiger charge is -2.37. The molecule has 0 spiro atoms. The van der Waals surface area contributed by atoms with Gasteiger partial charge in [-0.05, 0) is 50.2 Å². The highest BCUT2D eigenvalue weighted by Gasteiger charge is 2.32. The largest absolute Gasteiger partial charge is 0.451 e. The second-order valence-corrected chi connectivity index (χ2v) is 8.20. The van der Waals surface area contributed by atoms with Crippen LogP contribution in [-0.2, 0) is 4.79 Å². The number of para-hydroxylation sites is 1. The molecule has 1 atom stereocenters. The molecule has 2 saturated heterocycles. The summed E-state index contributed by atoms with van der Waals surface area (Å²) >= 11 is 0. The number of hydrogen-bond donors (Lipinski definition) is 0. The summed E-state index contributed by atoms with van der Waals surface area (Å²) in [5, 5.41) is 0.961. The molecule has 2 aromatic rings. The first-order valence-electron chi connectivity index (χ1n) is 10.1. The molecule has 2 fully saturated rings. The lowest BCUT2D eigenvalue weighted by Crippen LogP contribution is -2.46. The fraction of sp³-hybridized carbons (Fsp3) is 0.545. The van der Waals surface area contributed by atoms with Crippen LogP contribution in [0.5, 0.6) is 0 Å².